The van der Waals surface area contributed by atoms with Crippen LogP contribution in [0.4, 0.5) is 23.7 Å². The largest absolute Gasteiger partial charge is 0.492 e. The molecule has 0 saturated carbocycles. The van der Waals surface area contributed by atoms with Crippen molar-refractivity contribution in [2.75, 3.05) is 18.5 Å². The van der Waals surface area contributed by atoms with Crippen molar-refractivity contribution < 1.29 is 22.7 Å². The van der Waals surface area contributed by atoms with E-state index in [0.717, 1.165) is 17.7 Å². The van der Waals surface area contributed by atoms with E-state index in [9.17, 15) is 18.0 Å². The van der Waals surface area contributed by atoms with Gasteiger partial charge >= 0.3 is 6.03 Å². The normalized spacial score (nSPS) is 10.3. The van der Waals surface area contributed by atoms with Crippen LogP contribution in [0.15, 0.2) is 36.4 Å². The number of aryl methyl sites for hydroxylation is 1. The Morgan fingerprint density at radius 3 is 2.65 bits per heavy atom. The highest BCUT2D eigenvalue weighted by Crippen LogP contribution is 2.19. The van der Waals surface area contributed by atoms with Gasteiger partial charge < -0.3 is 15.4 Å². The molecule has 0 aromatic heterocycles. The SMILES string of the molecule is Cc1cccc(OCCNC(=O)Nc2ccc(F)c(F)c2F)c1. The Bertz CT molecular complexity index is 708. The Morgan fingerprint density at radius 1 is 1.13 bits per heavy atom. The first-order valence-electron chi connectivity index (χ1n) is 6.85. The van der Waals surface area contributed by atoms with Crippen LogP contribution in [0.5, 0.6) is 5.75 Å². The zero-order valence-corrected chi connectivity index (χ0v) is 12.3. The molecule has 0 spiro atoms. The quantitative estimate of drug-likeness (QED) is 0.652. The molecular formula is C16H15F3N2O2. The Labute approximate surface area is 131 Å². The Kier molecular flexibility index (Phi) is 5.46. The standard InChI is InChI=1S/C16H15F3N2O2/c1-10-3-2-4-11(9-10)23-8-7-20-16(22)21-13-6-5-12(17)14(18)15(13)19/h2-6,9H,7-8H2,1H3,(H2,20,21,22). The first-order chi connectivity index (χ1) is 11.0. The maximum atomic E-state index is 13.4. The molecule has 2 aromatic carbocycles. The number of rotatable bonds is 5. The van der Waals surface area contributed by atoms with Gasteiger partial charge in [-0.1, -0.05) is 12.1 Å². The number of anilines is 1. The molecule has 2 rings (SSSR count). The number of amides is 2. The van der Waals surface area contributed by atoms with Crippen molar-refractivity contribution in [3.8, 4) is 5.75 Å². The van der Waals surface area contributed by atoms with Gasteiger partial charge in [0.2, 0.25) is 0 Å². The minimum absolute atomic E-state index is 0.158. The zero-order chi connectivity index (χ0) is 16.8. The first-order valence-corrected chi connectivity index (χ1v) is 6.85. The van der Waals surface area contributed by atoms with E-state index in [1.165, 1.54) is 0 Å². The van der Waals surface area contributed by atoms with Crippen LogP contribution in [0.1, 0.15) is 5.56 Å². The molecule has 0 unspecified atom stereocenters. The highest BCUT2D eigenvalue weighted by molar-refractivity contribution is 5.89. The van der Waals surface area contributed by atoms with E-state index < -0.39 is 29.2 Å². The molecular weight excluding hydrogens is 309 g/mol. The molecule has 4 nitrogen and oxygen atoms in total. The van der Waals surface area contributed by atoms with Crippen molar-refractivity contribution in [1.29, 1.82) is 0 Å². The van der Waals surface area contributed by atoms with Crippen molar-refractivity contribution in [2.45, 2.75) is 6.92 Å². The van der Waals surface area contributed by atoms with Crippen LogP contribution in [0.3, 0.4) is 0 Å². The summed E-state index contributed by atoms with van der Waals surface area (Å²) in [5.41, 5.74) is 0.600. The van der Waals surface area contributed by atoms with E-state index in [-0.39, 0.29) is 13.2 Å². The third kappa shape index (κ3) is 4.64. The molecule has 0 atom stereocenters. The summed E-state index contributed by atoms with van der Waals surface area (Å²) in [4.78, 5) is 11.6. The molecule has 122 valence electrons. The number of nitrogens with one attached hydrogen (secondary N) is 2. The second-order valence-electron chi connectivity index (χ2n) is 4.77. The number of carbonyl (C=O) groups is 1. The Morgan fingerprint density at radius 2 is 1.91 bits per heavy atom. The Balaban J connectivity index is 1.78. The van der Waals surface area contributed by atoms with E-state index in [1.807, 2.05) is 25.1 Å². The van der Waals surface area contributed by atoms with Crippen LogP contribution in [0.2, 0.25) is 0 Å². The fourth-order valence-corrected chi connectivity index (χ4v) is 1.83. The van der Waals surface area contributed by atoms with Gasteiger partial charge in [0.1, 0.15) is 12.4 Å². The lowest BCUT2D eigenvalue weighted by Gasteiger charge is -2.10. The van der Waals surface area contributed by atoms with E-state index in [1.54, 1.807) is 6.07 Å². The summed E-state index contributed by atoms with van der Waals surface area (Å²) in [6.07, 6.45) is 0. The van der Waals surface area contributed by atoms with Crippen molar-refractivity contribution in [3.63, 3.8) is 0 Å². The molecule has 2 aromatic rings. The fourth-order valence-electron chi connectivity index (χ4n) is 1.83. The highest BCUT2D eigenvalue weighted by atomic mass is 19.2. The van der Waals surface area contributed by atoms with Gasteiger partial charge in [0.25, 0.3) is 0 Å². The zero-order valence-electron chi connectivity index (χ0n) is 12.3. The summed E-state index contributed by atoms with van der Waals surface area (Å²) in [7, 11) is 0. The molecule has 0 saturated heterocycles. The van der Waals surface area contributed by atoms with Gasteiger partial charge in [-0.25, -0.2) is 18.0 Å². The average Bonchev–Trinajstić information content (AvgIpc) is 2.52. The number of benzene rings is 2. The molecule has 0 aliphatic rings. The maximum absolute atomic E-state index is 13.4. The van der Waals surface area contributed by atoms with Crippen molar-refractivity contribution in [1.82, 2.24) is 5.32 Å². The molecule has 0 heterocycles. The topological polar surface area (TPSA) is 50.4 Å². The molecule has 0 bridgehead atoms. The van der Waals surface area contributed by atoms with Gasteiger partial charge in [-0.05, 0) is 36.8 Å². The number of hydrogen-bond acceptors (Lipinski definition) is 2. The fraction of sp³-hybridized carbons (Fsp3) is 0.188. The maximum Gasteiger partial charge on any atom is 0.319 e. The summed E-state index contributed by atoms with van der Waals surface area (Å²) < 4.78 is 44.6. The van der Waals surface area contributed by atoms with Crippen LogP contribution in [0, 0.1) is 24.4 Å². The van der Waals surface area contributed by atoms with Crippen LogP contribution in [0.25, 0.3) is 0 Å². The van der Waals surface area contributed by atoms with Gasteiger partial charge in [0.05, 0.1) is 12.2 Å². The number of halogens is 3. The number of carbonyl (C=O) groups excluding carboxylic acids is 1. The second kappa shape index (κ2) is 7.53. The van der Waals surface area contributed by atoms with Crippen LogP contribution in [-0.4, -0.2) is 19.2 Å². The van der Waals surface area contributed by atoms with E-state index in [2.05, 4.69) is 10.6 Å². The van der Waals surface area contributed by atoms with Crippen LogP contribution < -0.4 is 15.4 Å². The number of urea groups is 1. The van der Waals surface area contributed by atoms with E-state index in [0.29, 0.717) is 5.75 Å². The van der Waals surface area contributed by atoms with Crippen LogP contribution in [-0.2, 0) is 0 Å². The smallest absolute Gasteiger partial charge is 0.319 e. The van der Waals surface area contributed by atoms with Gasteiger partial charge in [0.15, 0.2) is 17.5 Å². The summed E-state index contributed by atoms with van der Waals surface area (Å²) in [5, 5.41) is 4.52. The molecule has 0 aliphatic carbocycles. The lowest BCUT2D eigenvalue weighted by atomic mass is 10.2. The predicted molar refractivity (Wildman–Crippen MR) is 80.0 cm³/mol. The van der Waals surface area contributed by atoms with Crippen LogP contribution >= 0.6 is 0 Å². The minimum Gasteiger partial charge on any atom is -0.492 e. The molecule has 23 heavy (non-hydrogen) atoms. The third-order valence-electron chi connectivity index (χ3n) is 2.93. The number of hydrogen-bond donors (Lipinski definition) is 2. The van der Waals surface area contributed by atoms with Gasteiger partial charge in [-0.2, -0.15) is 0 Å². The molecule has 0 fully saturated rings. The van der Waals surface area contributed by atoms with Crippen molar-refractivity contribution in [3.05, 3.63) is 59.4 Å². The van der Waals surface area contributed by atoms with Gasteiger partial charge in [-0.15, -0.1) is 0 Å². The molecule has 2 amide bonds. The third-order valence-corrected chi connectivity index (χ3v) is 2.93. The predicted octanol–water partition coefficient (Wildman–Crippen LogP) is 3.61. The van der Waals surface area contributed by atoms with Crippen molar-refractivity contribution >= 4 is 11.7 Å². The second-order valence-corrected chi connectivity index (χ2v) is 4.77. The molecule has 0 aliphatic heterocycles. The molecule has 0 radical (unpaired) electrons. The average molecular weight is 324 g/mol. The lowest BCUT2D eigenvalue weighted by molar-refractivity contribution is 0.247. The summed E-state index contributed by atoms with van der Waals surface area (Å²) >= 11 is 0. The van der Waals surface area contributed by atoms with Crippen molar-refractivity contribution in [2.24, 2.45) is 0 Å². The highest BCUT2D eigenvalue weighted by Gasteiger charge is 2.14. The summed E-state index contributed by atoms with van der Waals surface area (Å²) in [5.74, 6) is -3.74. The number of ether oxygens (including phenoxy) is 1. The minimum atomic E-state index is -1.63. The van der Waals surface area contributed by atoms with E-state index in [4.69, 9.17) is 4.74 Å². The molecule has 2 N–H and O–H groups in total. The van der Waals surface area contributed by atoms with Gasteiger partial charge in [-0.3, -0.25) is 0 Å². The first kappa shape index (κ1) is 16.7. The lowest BCUT2D eigenvalue weighted by Crippen LogP contribution is -2.32. The molecule has 7 heteroatoms. The monoisotopic (exact) mass is 324 g/mol. The Hall–Kier alpha value is -2.70. The van der Waals surface area contributed by atoms with E-state index >= 15 is 0 Å². The van der Waals surface area contributed by atoms with Gasteiger partial charge in [0, 0.05) is 0 Å². The summed E-state index contributed by atoms with van der Waals surface area (Å²) in [6.45, 7) is 2.29. The summed E-state index contributed by atoms with van der Waals surface area (Å²) in [6, 6.07) is 8.32.